The van der Waals surface area contributed by atoms with Gasteiger partial charge in [-0.1, -0.05) is 11.6 Å². The molecule has 4 nitrogen and oxygen atoms in total. The smallest absolute Gasteiger partial charge is 0.173 e. The van der Waals surface area contributed by atoms with Crippen molar-refractivity contribution < 1.29 is 0 Å². The van der Waals surface area contributed by atoms with Crippen LogP contribution in [0.2, 0.25) is 4.34 Å². The van der Waals surface area contributed by atoms with E-state index in [9.17, 15) is 0 Å². The van der Waals surface area contributed by atoms with E-state index < -0.39 is 0 Å². The zero-order chi connectivity index (χ0) is 11.5. The van der Waals surface area contributed by atoms with Gasteiger partial charge in [-0.25, -0.2) is 15.0 Å². The summed E-state index contributed by atoms with van der Waals surface area (Å²) >= 11 is 7.34. The van der Waals surface area contributed by atoms with Gasteiger partial charge in [-0.05, 0) is 25.6 Å². The third-order valence-corrected chi connectivity index (χ3v) is 3.18. The topological polar surface area (TPSA) is 64.7 Å². The Morgan fingerprint density at radius 1 is 1.31 bits per heavy atom. The molecule has 0 amide bonds. The van der Waals surface area contributed by atoms with Gasteiger partial charge in [-0.3, -0.25) is 0 Å². The SMILES string of the molecule is Cc1nc(CCN)nc(-c2ccc(Cl)s2)n1. The highest BCUT2D eigenvalue weighted by Crippen LogP contribution is 2.28. The summed E-state index contributed by atoms with van der Waals surface area (Å²) in [5.41, 5.74) is 5.48. The van der Waals surface area contributed by atoms with Gasteiger partial charge in [0.1, 0.15) is 11.6 Å². The predicted molar refractivity (Wildman–Crippen MR) is 65.6 cm³/mol. The number of halogens is 1. The molecule has 0 radical (unpaired) electrons. The number of aryl methyl sites for hydroxylation is 1. The fourth-order valence-corrected chi connectivity index (χ4v) is 2.30. The fourth-order valence-electron chi connectivity index (χ4n) is 1.32. The number of rotatable bonds is 3. The molecule has 0 aliphatic rings. The molecule has 0 aliphatic carbocycles. The molecule has 0 spiro atoms. The molecule has 0 bridgehead atoms. The van der Waals surface area contributed by atoms with Crippen LogP contribution in [-0.4, -0.2) is 21.5 Å². The van der Waals surface area contributed by atoms with Crippen LogP contribution in [0.3, 0.4) is 0 Å². The molecule has 0 aromatic carbocycles. The standard InChI is InChI=1S/C10H11ClN4S/c1-6-13-9(4-5-12)15-10(14-6)7-2-3-8(11)16-7/h2-3H,4-5,12H2,1H3. The van der Waals surface area contributed by atoms with Crippen molar-refractivity contribution in [3.05, 3.63) is 28.1 Å². The summed E-state index contributed by atoms with van der Waals surface area (Å²) in [4.78, 5) is 13.8. The van der Waals surface area contributed by atoms with Crippen molar-refractivity contribution >= 4 is 22.9 Å². The summed E-state index contributed by atoms with van der Waals surface area (Å²) in [5, 5.41) is 0. The van der Waals surface area contributed by atoms with Crippen LogP contribution in [0.1, 0.15) is 11.6 Å². The van der Waals surface area contributed by atoms with Crippen LogP contribution in [-0.2, 0) is 6.42 Å². The minimum Gasteiger partial charge on any atom is -0.330 e. The number of nitrogens with two attached hydrogens (primary N) is 1. The van der Waals surface area contributed by atoms with Gasteiger partial charge in [0.15, 0.2) is 5.82 Å². The number of nitrogens with zero attached hydrogens (tertiary/aromatic N) is 3. The largest absolute Gasteiger partial charge is 0.330 e. The van der Waals surface area contributed by atoms with E-state index in [0.717, 1.165) is 15.0 Å². The van der Waals surface area contributed by atoms with Crippen LogP contribution in [0.25, 0.3) is 10.7 Å². The first-order valence-corrected chi connectivity index (χ1v) is 6.06. The Bertz CT molecular complexity index is 497. The van der Waals surface area contributed by atoms with Crippen molar-refractivity contribution in [3.8, 4) is 10.7 Å². The van der Waals surface area contributed by atoms with Crippen LogP contribution in [0.15, 0.2) is 12.1 Å². The molecule has 16 heavy (non-hydrogen) atoms. The maximum absolute atomic E-state index is 5.88. The first-order chi connectivity index (χ1) is 7.69. The van der Waals surface area contributed by atoms with E-state index in [0.29, 0.717) is 24.6 Å². The Labute approximate surface area is 103 Å². The van der Waals surface area contributed by atoms with Crippen LogP contribution in [0, 0.1) is 6.92 Å². The van der Waals surface area contributed by atoms with Gasteiger partial charge >= 0.3 is 0 Å². The highest BCUT2D eigenvalue weighted by molar-refractivity contribution is 7.19. The first kappa shape index (κ1) is 11.4. The Hall–Kier alpha value is -1.04. The van der Waals surface area contributed by atoms with Crippen molar-refractivity contribution in [2.75, 3.05) is 6.54 Å². The van der Waals surface area contributed by atoms with Gasteiger partial charge in [0.25, 0.3) is 0 Å². The van der Waals surface area contributed by atoms with Gasteiger partial charge in [-0.15, -0.1) is 11.3 Å². The predicted octanol–water partition coefficient (Wildman–Crippen LogP) is 2.06. The lowest BCUT2D eigenvalue weighted by Gasteiger charge is -2.02. The van der Waals surface area contributed by atoms with Crippen LogP contribution >= 0.6 is 22.9 Å². The molecular weight excluding hydrogens is 244 g/mol. The molecule has 0 aliphatic heterocycles. The number of thiophene rings is 1. The van der Waals surface area contributed by atoms with Gasteiger partial charge < -0.3 is 5.73 Å². The summed E-state index contributed by atoms with van der Waals surface area (Å²) in [5.74, 6) is 2.11. The van der Waals surface area contributed by atoms with Crippen LogP contribution in [0.4, 0.5) is 0 Å². The molecule has 2 aromatic heterocycles. The normalized spacial score (nSPS) is 10.7. The van der Waals surface area contributed by atoms with E-state index in [2.05, 4.69) is 15.0 Å². The summed E-state index contributed by atoms with van der Waals surface area (Å²) in [6, 6.07) is 3.75. The second-order valence-electron chi connectivity index (χ2n) is 3.26. The monoisotopic (exact) mass is 254 g/mol. The lowest BCUT2D eigenvalue weighted by atomic mass is 10.4. The maximum Gasteiger partial charge on any atom is 0.173 e. The third kappa shape index (κ3) is 2.55. The first-order valence-electron chi connectivity index (χ1n) is 4.86. The van der Waals surface area contributed by atoms with E-state index in [1.54, 1.807) is 0 Å². The zero-order valence-electron chi connectivity index (χ0n) is 8.77. The molecule has 0 saturated heterocycles. The Balaban J connectivity index is 2.40. The molecule has 2 heterocycles. The van der Waals surface area contributed by atoms with Crippen molar-refractivity contribution in [1.82, 2.24) is 15.0 Å². The van der Waals surface area contributed by atoms with Crippen molar-refractivity contribution in [3.63, 3.8) is 0 Å². The summed E-state index contributed by atoms with van der Waals surface area (Å²) in [7, 11) is 0. The Kier molecular flexibility index (Phi) is 3.48. The van der Waals surface area contributed by atoms with Crippen LogP contribution < -0.4 is 5.73 Å². The molecule has 2 aromatic rings. The fraction of sp³-hybridized carbons (Fsp3) is 0.300. The van der Waals surface area contributed by atoms with E-state index in [4.69, 9.17) is 17.3 Å². The van der Waals surface area contributed by atoms with E-state index in [-0.39, 0.29) is 0 Å². The van der Waals surface area contributed by atoms with Crippen molar-refractivity contribution in [2.45, 2.75) is 13.3 Å². The quantitative estimate of drug-likeness (QED) is 0.911. The van der Waals surface area contributed by atoms with Gasteiger partial charge in [0.05, 0.1) is 9.21 Å². The zero-order valence-corrected chi connectivity index (χ0v) is 10.3. The average molecular weight is 255 g/mol. The van der Waals surface area contributed by atoms with Crippen LogP contribution in [0.5, 0.6) is 0 Å². The summed E-state index contributed by atoms with van der Waals surface area (Å²) in [6.07, 6.45) is 0.662. The molecule has 2 rings (SSSR count). The molecule has 2 N–H and O–H groups in total. The molecule has 84 valence electrons. The number of hydrogen-bond acceptors (Lipinski definition) is 5. The Morgan fingerprint density at radius 2 is 2.12 bits per heavy atom. The molecule has 6 heteroatoms. The number of hydrogen-bond donors (Lipinski definition) is 1. The third-order valence-electron chi connectivity index (χ3n) is 1.96. The van der Waals surface area contributed by atoms with Gasteiger partial charge in [0.2, 0.25) is 0 Å². The summed E-state index contributed by atoms with van der Waals surface area (Å²) in [6.45, 7) is 2.38. The highest BCUT2D eigenvalue weighted by atomic mass is 35.5. The maximum atomic E-state index is 5.88. The van der Waals surface area contributed by atoms with Gasteiger partial charge in [0, 0.05) is 6.42 Å². The second kappa shape index (κ2) is 4.86. The minimum atomic E-state index is 0.536. The lowest BCUT2D eigenvalue weighted by molar-refractivity contribution is 0.828. The second-order valence-corrected chi connectivity index (χ2v) is 4.98. The molecular formula is C10H11ClN4S. The van der Waals surface area contributed by atoms with Crippen molar-refractivity contribution in [2.24, 2.45) is 5.73 Å². The van der Waals surface area contributed by atoms with E-state index >= 15 is 0 Å². The van der Waals surface area contributed by atoms with E-state index in [1.807, 2.05) is 19.1 Å². The number of aromatic nitrogens is 3. The van der Waals surface area contributed by atoms with Crippen molar-refractivity contribution in [1.29, 1.82) is 0 Å². The molecule has 0 unspecified atom stereocenters. The summed E-state index contributed by atoms with van der Waals surface area (Å²) < 4.78 is 0.730. The Morgan fingerprint density at radius 3 is 2.75 bits per heavy atom. The van der Waals surface area contributed by atoms with Gasteiger partial charge in [-0.2, -0.15) is 0 Å². The minimum absolute atomic E-state index is 0.536. The average Bonchev–Trinajstić information content (AvgIpc) is 2.64. The molecule has 0 atom stereocenters. The molecule has 0 fully saturated rings. The van der Waals surface area contributed by atoms with E-state index in [1.165, 1.54) is 11.3 Å². The highest BCUT2D eigenvalue weighted by Gasteiger charge is 2.08. The molecule has 0 saturated carbocycles. The lowest BCUT2D eigenvalue weighted by Crippen LogP contribution is -2.09.